The molecule has 2 aromatic carbocycles. The second-order valence-corrected chi connectivity index (χ2v) is 13.9. The van der Waals surface area contributed by atoms with Crippen LogP contribution in [0.25, 0.3) is 0 Å². The number of nitrogens with zero attached hydrogens (tertiary/aromatic N) is 2. The van der Waals surface area contributed by atoms with Gasteiger partial charge < -0.3 is 19.7 Å². The number of hydrogen-bond acceptors (Lipinski definition) is 6. The molecule has 1 saturated heterocycles. The van der Waals surface area contributed by atoms with Crippen molar-refractivity contribution in [3.8, 4) is 0 Å². The van der Waals surface area contributed by atoms with Crippen molar-refractivity contribution >= 4 is 21.7 Å². The predicted octanol–water partition coefficient (Wildman–Crippen LogP) is 4.47. The van der Waals surface area contributed by atoms with E-state index in [9.17, 15) is 18.2 Å². The first-order chi connectivity index (χ1) is 18.5. The number of fused-ring (bicyclic) bond motifs is 1. The van der Waals surface area contributed by atoms with E-state index in [1.165, 1.54) is 19.2 Å². The number of nitrogens with one attached hydrogen (secondary N) is 1. The molecule has 1 fully saturated rings. The number of carbonyl (C=O) groups is 2. The summed E-state index contributed by atoms with van der Waals surface area (Å²) in [7, 11) is -1.20. The van der Waals surface area contributed by atoms with Crippen molar-refractivity contribution in [3.63, 3.8) is 0 Å². The predicted molar refractivity (Wildman–Crippen MR) is 148 cm³/mol. The summed E-state index contributed by atoms with van der Waals surface area (Å²) in [6.45, 7) is 7.55. The molecule has 212 valence electrons. The van der Waals surface area contributed by atoms with E-state index in [2.05, 4.69) is 9.68 Å². The number of carbonyl (C=O) groups excluding carboxylic acids is 2. The Hall–Kier alpha value is -2.98. The molecule has 2 aromatic rings. The Bertz CT molecular complexity index is 1320. The number of ether oxygens (including phenoxy) is 2. The molecule has 0 unspecified atom stereocenters. The van der Waals surface area contributed by atoms with Gasteiger partial charge in [0.1, 0.15) is 17.5 Å². The van der Waals surface area contributed by atoms with Crippen LogP contribution in [-0.4, -0.2) is 70.1 Å². The van der Waals surface area contributed by atoms with Crippen molar-refractivity contribution in [3.05, 3.63) is 71.0 Å². The topological polar surface area (TPSA) is 97.3 Å². The minimum absolute atomic E-state index is 0.00647. The third-order valence-electron chi connectivity index (χ3n) is 7.30. The Kier molecular flexibility index (Phi) is 8.66. The van der Waals surface area contributed by atoms with Gasteiger partial charge in [-0.2, -0.15) is 0 Å². The molecule has 8 nitrogen and oxygen atoms in total. The van der Waals surface area contributed by atoms with Gasteiger partial charge in [0.05, 0.1) is 33.7 Å². The van der Waals surface area contributed by atoms with E-state index in [1.54, 1.807) is 44.7 Å². The average molecular weight is 560 g/mol. The molecule has 2 heterocycles. The van der Waals surface area contributed by atoms with E-state index < -0.39 is 44.9 Å². The highest BCUT2D eigenvalue weighted by Crippen LogP contribution is 2.37. The minimum Gasteiger partial charge on any atom is -0.444 e. The van der Waals surface area contributed by atoms with E-state index in [1.807, 2.05) is 24.3 Å². The van der Waals surface area contributed by atoms with Crippen LogP contribution in [-0.2, 0) is 30.4 Å². The summed E-state index contributed by atoms with van der Waals surface area (Å²) < 4.78 is 43.0. The molecule has 2 aliphatic rings. The van der Waals surface area contributed by atoms with Crippen LogP contribution >= 0.6 is 0 Å². The molecular weight excluding hydrogens is 521 g/mol. The summed E-state index contributed by atoms with van der Waals surface area (Å²) >= 11 is 0. The lowest BCUT2D eigenvalue weighted by molar-refractivity contribution is -0.149. The first kappa shape index (κ1) is 29.0. The molecule has 0 spiro atoms. The summed E-state index contributed by atoms with van der Waals surface area (Å²) in [5, 5.41) is 2.26. The van der Waals surface area contributed by atoms with E-state index in [4.69, 9.17) is 9.47 Å². The maximum absolute atomic E-state index is 14.1. The lowest BCUT2D eigenvalue weighted by atomic mass is 9.87. The first-order valence-corrected chi connectivity index (χ1v) is 15.1. The van der Waals surface area contributed by atoms with Crippen LogP contribution < -0.4 is 5.32 Å². The van der Waals surface area contributed by atoms with Crippen LogP contribution in [0.2, 0.25) is 0 Å². The second kappa shape index (κ2) is 11.6. The number of hydrogen-bond donors (Lipinski definition) is 1. The van der Waals surface area contributed by atoms with Gasteiger partial charge in [-0.15, -0.1) is 0 Å². The first-order valence-electron chi connectivity index (χ1n) is 13.3. The van der Waals surface area contributed by atoms with Crippen LogP contribution in [0.15, 0.2) is 52.9 Å². The average Bonchev–Trinajstić information content (AvgIpc) is 2.91. The van der Waals surface area contributed by atoms with Gasteiger partial charge in [0.15, 0.2) is 0 Å². The van der Waals surface area contributed by atoms with E-state index in [0.29, 0.717) is 13.0 Å². The number of benzene rings is 2. The normalized spacial score (nSPS) is 24.7. The van der Waals surface area contributed by atoms with Crippen molar-refractivity contribution in [2.45, 2.75) is 69.6 Å². The molecule has 0 radical (unpaired) electrons. The zero-order valence-corrected chi connectivity index (χ0v) is 24.0. The third kappa shape index (κ3) is 6.44. The number of halogens is 1. The SMILES string of the molecule is CC[S@](=O)(=NC)[C@H]1CO[C@@H](C(=O)N2CCc3ccccc3[C@@H]2c2ccc(F)cc2)C[C@@H]1NC(=O)OC(C)(C)C. The molecule has 0 aromatic heterocycles. The van der Waals surface area contributed by atoms with Crippen LogP contribution in [0.5, 0.6) is 0 Å². The Morgan fingerprint density at radius 3 is 2.51 bits per heavy atom. The fraction of sp³-hybridized carbons (Fsp3) is 0.517. The van der Waals surface area contributed by atoms with Gasteiger partial charge >= 0.3 is 6.09 Å². The van der Waals surface area contributed by atoms with Crippen molar-refractivity contribution in [1.82, 2.24) is 10.2 Å². The minimum atomic E-state index is -2.71. The van der Waals surface area contributed by atoms with E-state index in [0.717, 1.165) is 16.7 Å². The van der Waals surface area contributed by atoms with Crippen LogP contribution in [0, 0.1) is 5.82 Å². The summed E-state index contributed by atoms with van der Waals surface area (Å²) in [5.41, 5.74) is 2.20. The fourth-order valence-electron chi connectivity index (χ4n) is 5.40. The molecule has 1 N–H and O–H groups in total. The van der Waals surface area contributed by atoms with Crippen molar-refractivity contribution in [1.29, 1.82) is 0 Å². The van der Waals surface area contributed by atoms with Gasteiger partial charge in [-0.1, -0.05) is 43.3 Å². The monoisotopic (exact) mass is 559 g/mol. The zero-order chi connectivity index (χ0) is 28.4. The molecule has 10 heteroatoms. The lowest BCUT2D eigenvalue weighted by Gasteiger charge is -2.42. The maximum atomic E-state index is 14.1. The van der Waals surface area contributed by atoms with Crippen LogP contribution in [0.3, 0.4) is 0 Å². The number of rotatable bonds is 5. The summed E-state index contributed by atoms with van der Waals surface area (Å²) in [4.78, 5) is 28.6. The number of alkyl carbamates (subject to hydrolysis) is 1. The summed E-state index contributed by atoms with van der Waals surface area (Å²) in [6.07, 6.45) is -0.710. The van der Waals surface area contributed by atoms with Crippen molar-refractivity contribution in [2.24, 2.45) is 4.36 Å². The van der Waals surface area contributed by atoms with Crippen LogP contribution in [0.4, 0.5) is 9.18 Å². The zero-order valence-electron chi connectivity index (χ0n) is 23.2. The van der Waals surface area contributed by atoms with Gasteiger partial charge in [-0.05, 0) is 56.0 Å². The summed E-state index contributed by atoms with van der Waals surface area (Å²) in [5.74, 6) is -0.290. The van der Waals surface area contributed by atoms with Crippen LogP contribution in [0.1, 0.15) is 56.8 Å². The molecule has 0 aliphatic carbocycles. The van der Waals surface area contributed by atoms with E-state index >= 15 is 0 Å². The summed E-state index contributed by atoms with van der Waals surface area (Å²) in [6, 6.07) is 13.1. The fourth-order valence-corrected chi connectivity index (χ4v) is 7.34. The van der Waals surface area contributed by atoms with Crippen molar-refractivity contribution in [2.75, 3.05) is 26.0 Å². The van der Waals surface area contributed by atoms with E-state index in [-0.39, 0.29) is 30.5 Å². The third-order valence-corrected chi connectivity index (χ3v) is 10.2. The highest BCUT2D eigenvalue weighted by molar-refractivity contribution is 7.94. The highest BCUT2D eigenvalue weighted by Gasteiger charge is 2.44. The molecule has 39 heavy (non-hydrogen) atoms. The van der Waals surface area contributed by atoms with Crippen molar-refractivity contribution < 1.29 is 27.7 Å². The Balaban J connectivity index is 1.64. The van der Waals surface area contributed by atoms with Gasteiger partial charge in [-0.25, -0.2) is 17.8 Å². The molecule has 0 saturated carbocycles. The largest absolute Gasteiger partial charge is 0.444 e. The molecular formula is C29H38FN3O5S. The molecule has 0 bridgehead atoms. The molecule has 2 amide bonds. The maximum Gasteiger partial charge on any atom is 0.407 e. The second-order valence-electron chi connectivity index (χ2n) is 10.9. The highest BCUT2D eigenvalue weighted by atomic mass is 32.2. The smallest absolute Gasteiger partial charge is 0.407 e. The Morgan fingerprint density at radius 1 is 1.18 bits per heavy atom. The quantitative estimate of drug-likeness (QED) is 0.583. The standard InChI is InChI=1S/C29H38FN3O5S/c1-6-39(36,31-5)25-18-37-24(17-23(25)32-28(35)38-29(2,3)4)27(34)33-16-15-19-9-7-8-10-22(19)26(33)20-11-13-21(30)14-12-20/h7-14,23-26H,6,15-18H2,1-5H3,(H,32,35)/t23-,24+,25-,26-,39+/m0/s1. The van der Waals surface area contributed by atoms with Gasteiger partial charge in [0.25, 0.3) is 5.91 Å². The Morgan fingerprint density at radius 2 is 1.87 bits per heavy atom. The number of amides is 2. The Labute approximate surface area is 230 Å². The van der Waals surface area contributed by atoms with Gasteiger partial charge in [-0.3, -0.25) is 4.79 Å². The van der Waals surface area contributed by atoms with Gasteiger partial charge in [0.2, 0.25) is 0 Å². The molecule has 5 atom stereocenters. The lowest BCUT2D eigenvalue weighted by Crippen LogP contribution is -2.58. The molecule has 4 rings (SSSR count). The molecule has 2 aliphatic heterocycles. The van der Waals surface area contributed by atoms with Gasteiger partial charge in [0, 0.05) is 25.8 Å².